The van der Waals surface area contributed by atoms with Crippen molar-refractivity contribution in [1.29, 1.82) is 0 Å². The van der Waals surface area contributed by atoms with Gasteiger partial charge in [-0.3, -0.25) is 0 Å². The molecule has 1 aliphatic heterocycles. The monoisotopic (exact) mass is 431 g/mol. The van der Waals surface area contributed by atoms with Gasteiger partial charge >= 0.3 is 5.51 Å². The Morgan fingerprint density at radius 2 is 1.71 bits per heavy atom. The number of halogens is 3. The molecule has 1 fully saturated rings. The maximum Gasteiger partial charge on any atom is 0.485 e. The fourth-order valence-corrected chi connectivity index (χ4v) is 1.98. The summed E-state index contributed by atoms with van der Waals surface area (Å²) in [7, 11) is -4.42. The van der Waals surface area contributed by atoms with Crippen LogP contribution in [0.1, 0.15) is 18.8 Å². The van der Waals surface area contributed by atoms with Gasteiger partial charge in [-0.2, -0.15) is 13.2 Å². The van der Waals surface area contributed by atoms with Crippen LogP contribution in [0, 0.1) is 5.92 Å². The number of rotatable bonds is 7. The van der Waals surface area contributed by atoms with Crippen LogP contribution in [0.5, 0.6) is 0 Å². The van der Waals surface area contributed by atoms with Gasteiger partial charge in [0.25, 0.3) is 0 Å². The number of nitrogens with zero attached hydrogens (tertiary/aromatic N) is 1. The SMILES string of the molecule is COCCOCC[n+]1ccc(C2OCC(C)CO2)cc1.O=S(=O)([O-])C(F)(F)F. The van der Waals surface area contributed by atoms with Crippen molar-refractivity contribution in [2.45, 2.75) is 25.3 Å². The van der Waals surface area contributed by atoms with Crippen LogP contribution in [0.25, 0.3) is 0 Å². The summed E-state index contributed by atoms with van der Waals surface area (Å²) in [6.45, 7) is 6.42. The molecule has 1 aliphatic rings. The van der Waals surface area contributed by atoms with Gasteiger partial charge in [0.05, 0.1) is 26.4 Å². The highest BCUT2D eigenvalue weighted by Gasteiger charge is 2.36. The molecule has 2 heterocycles. The molecule has 0 amide bonds. The van der Waals surface area contributed by atoms with Gasteiger partial charge in [-0.15, -0.1) is 0 Å². The summed E-state index contributed by atoms with van der Waals surface area (Å²) in [6, 6.07) is 4.08. The van der Waals surface area contributed by atoms with Crippen LogP contribution in [0.4, 0.5) is 13.2 Å². The van der Waals surface area contributed by atoms with Crippen molar-refractivity contribution in [3.63, 3.8) is 0 Å². The smallest absolute Gasteiger partial charge is 0.485 e. The fourth-order valence-electron chi connectivity index (χ4n) is 1.98. The lowest BCUT2D eigenvalue weighted by Gasteiger charge is -2.27. The molecule has 8 nitrogen and oxygen atoms in total. The van der Waals surface area contributed by atoms with Crippen molar-refractivity contribution >= 4 is 10.1 Å². The summed E-state index contributed by atoms with van der Waals surface area (Å²) >= 11 is 0. The molecule has 28 heavy (non-hydrogen) atoms. The number of alkyl halides is 3. The number of aromatic nitrogens is 1. The Kier molecular flexibility index (Phi) is 10.3. The predicted octanol–water partition coefficient (Wildman–Crippen LogP) is 1.37. The van der Waals surface area contributed by atoms with Gasteiger partial charge in [0.2, 0.25) is 0 Å². The van der Waals surface area contributed by atoms with Crippen LogP contribution in [0.3, 0.4) is 0 Å². The number of pyridine rings is 1. The molecule has 0 bridgehead atoms. The predicted molar refractivity (Wildman–Crippen MR) is 88.9 cm³/mol. The maximum atomic E-state index is 10.7. The van der Waals surface area contributed by atoms with E-state index in [1.807, 2.05) is 24.5 Å². The molecule has 1 aromatic heterocycles. The normalized spacial score (nSPS) is 20.4. The van der Waals surface area contributed by atoms with Gasteiger partial charge in [0, 0.05) is 30.7 Å². The van der Waals surface area contributed by atoms with Crippen molar-refractivity contribution in [3.05, 3.63) is 30.1 Å². The van der Waals surface area contributed by atoms with E-state index in [4.69, 9.17) is 31.9 Å². The molecule has 0 N–H and O–H groups in total. The minimum atomic E-state index is -6.09. The lowest BCUT2D eigenvalue weighted by molar-refractivity contribution is -0.698. The lowest BCUT2D eigenvalue weighted by Crippen LogP contribution is -2.35. The average molecular weight is 431 g/mol. The average Bonchev–Trinajstić information content (AvgIpc) is 2.62. The lowest BCUT2D eigenvalue weighted by atomic mass is 10.2. The van der Waals surface area contributed by atoms with E-state index in [0.717, 1.165) is 25.3 Å². The van der Waals surface area contributed by atoms with Gasteiger partial charge < -0.3 is 23.5 Å². The fraction of sp³-hybridized carbons (Fsp3) is 0.688. The minimum Gasteiger partial charge on any atom is -0.741 e. The zero-order valence-electron chi connectivity index (χ0n) is 15.6. The van der Waals surface area contributed by atoms with Gasteiger partial charge in [-0.25, -0.2) is 13.0 Å². The first-order chi connectivity index (χ1) is 13.0. The summed E-state index contributed by atoms with van der Waals surface area (Å²) in [6.07, 6.45) is 3.83. The van der Waals surface area contributed by atoms with Gasteiger partial charge in [-0.05, 0) is 0 Å². The Morgan fingerprint density at radius 3 is 2.18 bits per heavy atom. The molecular weight excluding hydrogens is 407 g/mol. The molecule has 0 unspecified atom stereocenters. The van der Waals surface area contributed by atoms with Crippen LogP contribution in [0.15, 0.2) is 24.5 Å². The third-order valence-corrected chi connectivity index (χ3v) is 4.03. The van der Waals surface area contributed by atoms with E-state index in [9.17, 15) is 13.2 Å². The topological polar surface area (TPSA) is 98.0 Å². The van der Waals surface area contributed by atoms with E-state index in [0.29, 0.717) is 25.7 Å². The minimum absolute atomic E-state index is 0.223. The quantitative estimate of drug-likeness (QED) is 0.278. The second-order valence-corrected chi connectivity index (χ2v) is 7.35. The molecule has 0 saturated carbocycles. The highest BCUT2D eigenvalue weighted by atomic mass is 32.2. The molecule has 162 valence electrons. The summed E-state index contributed by atoms with van der Waals surface area (Å²) < 4.78 is 82.7. The van der Waals surface area contributed by atoms with Crippen molar-refractivity contribution < 1.29 is 49.7 Å². The number of ether oxygens (including phenoxy) is 4. The molecule has 2 rings (SSSR count). The Morgan fingerprint density at radius 1 is 1.18 bits per heavy atom. The van der Waals surface area contributed by atoms with E-state index in [1.54, 1.807) is 7.11 Å². The summed E-state index contributed by atoms with van der Waals surface area (Å²) in [4.78, 5) is 0. The van der Waals surface area contributed by atoms with Crippen LogP contribution in [0.2, 0.25) is 0 Å². The summed E-state index contributed by atoms with van der Waals surface area (Å²) in [5, 5.41) is 0. The second-order valence-electron chi connectivity index (χ2n) is 5.98. The third-order valence-electron chi connectivity index (χ3n) is 3.46. The Balaban J connectivity index is 0.000000416. The second kappa shape index (κ2) is 11.6. The van der Waals surface area contributed by atoms with Crippen molar-refractivity contribution in [3.8, 4) is 0 Å². The Hall–Kier alpha value is -1.31. The maximum absolute atomic E-state index is 10.7. The molecule has 1 saturated heterocycles. The van der Waals surface area contributed by atoms with Crippen molar-refractivity contribution in [2.75, 3.05) is 40.1 Å². The molecule has 0 aliphatic carbocycles. The standard InChI is InChI=1S/C15H24NO4.CHF3O3S/c1-13-11-19-15(20-12-13)14-3-5-16(6-4-14)7-8-18-10-9-17-2;2-1(3,4)8(5,6)7/h3-6,13,15H,7-12H2,1-2H3;(H,5,6,7)/q+1;/p-1. The van der Waals surface area contributed by atoms with E-state index in [2.05, 4.69) is 11.5 Å². The number of hydrogen-bond acceptors (Lipinski definition) is 7. The zero-order chi connectivity index (χ0) is 21.2. The van der Waals surface area contributed by atoms with Gasteiger partial charge in [-0.1, -0.05) is 6.92 Å². The van der Waals surface area contributed by atoms with E-state index < -0.39 is 15.6 Å². The molecule has 12 heteroatoms. The number of hydrogen-bond donors (Lipinski definition) is 0. The molecule has 0 aromatic carbocycles. The highest BCUT2D eigenvalue weighted by molar-refractivity contribution is 7.86. The van der Waals surface area contributed by atoms with E-state index in [-0.39, 0.29) is 6.29 Å². The number of methoxy groups -OCH3 is 1. The molecule has 0 spiro atoms. The van der Waals surface area contributed by atoms with Crippen molar-refractivity contribution in [1.82, 2.24) is 0 Å². The Labute approximate surface area is 161 Å². The van der Waals surface area contributed by atoms with E-state index >= 15 is 0 Å². The van der Waals surface area contributed by atoms with Crippen LogP contribution in [-0.2, 0) is 35.6 Å². The molecule has 0 atom stereocenters. The summed E-state index contributed by atoms with van der Waals surface area (Å²) in [5.41, 5.74) is -4.58. The van der Waals surface area contributed by atoms with Gasteiger partial charge in [0.1, 0.15) is 6.61 Å². The van der Waals surface area contributed by atoms with Crippen LogP contribution in [-0.4, -0.2) is 58.6 Å². The zero-order valence-corrected chi connectivity index (χ0v) is 16.4. The first-order valence-corrected chi connectivity index (χ1v) is 9.76. The van der Waals surface area contributed by atoms with Crippen LogP contribution < -0.4 is 4.57 Å². The van der Waals surface area contributed by atoms with E-state index in [1.165, 1.54) is 0 Å². The molecule has 0 radical (unpaired) electrons. The molecular formula is C16H24F3NO7S. The van der Waals surface area contributed by atoms with Gasteiger partial charge in [0.15, 0.2) is 35.3 Å². The first kappa shape index (κ1) is 24.7. The van der Waals surface area contributed by atoms with Crippen molar-refractivity contribution in [2.24, 2.45) is 5.92 Å². The first-order valence-electron chi connectivity index (χ1n) is 8.35. The Bertz CT molecular complexity index is 660. The van der Waals surface area contributed by atoms with Crippen LogP contribution >= 0.6 is 0 Å². The highest BCUT2D eigenvalue weighted by Crippen LogP contribution is 2.23. The third kappa shape index (κ3) is 9.26. The largest absolute Gasteiger partial charge is 0.741 e. The molecule has 1 aromatic rings. The summed E-state index contributed by atoms with van der Waals surface area (Å²) in [5.74, 6) is 0.476.